The minimum absolute atomic E-state index is 0.167. The van der Waals surface area contributed by atoms with Crippen molar-refractivity contribution < 1.29 is 14.6 Å². The number of rotatable bonds is 4. The first-order valence-electron chi connectivity index (χ1n) is 6.23. The Morgan fingerprint density at radius 2 is 2.06 bits per heavy atom. The summed E-state index contributed by atoms with van der Waals surface area (Å²) in [4.78, 5) is 13.6. The van der Waals surface area contributed by atoms with Crippen LogP contribution in [0.15, 0.2) is 30.3 Å². The third-order valence-corrected chi connectivity index (χ3v) is 3.33. The van der Waals surface area contributed by atoms with E-state index in [1.54, 1.807) is 18.7 Å². The second-order valence-corrected chi connectivity index (χ2v) is 4.93. The molecule has 1 aliphatic rings. The third-order valence-electron chi connectivity index (χ3n) is 3.33. The van der Waals surface area contributed by atoms with E-state index in [2.05, 4.69) is 0 Å². The van der Waals surface area contributed by atoms with Gasteiger partial charge in [0, 0.05) is 12.5 Å². The van der Waals surface area contributed by atoms with Crippen molar-refractivity contribution in [2.45, 2.75) is 26.1 Å². The molecule has 0 saturated carbocycles. The summed E-state index contributed by atoms with van der Waals surface area (Å²) in [5, 5.41) is 10.1. The Bertz CT molecular complexity index is 418. The van der Waals surface area contributed by atoms with E-state index in [4.69, 9.17) is 4.74 Å². The molecule has 1 N–H and O–H groups in total. The van der Waals surface area contributed by atoms with Gasteiger partial charge in [-0.25, -0.2) is 0 Å². The van der Waals surface area contributed by atoms with Crippen LogP contribution in [0.25, 0.3) is 0 Å². The van der Waals surface area contributed by atoms with Gasteiger partial charge in [0.15, 0.2) is 0 Å². The molecule has 1 fully saturated rings. The van der Waals surface area contributed by atoms with Crippen molar-refractivity contribution in [3.05, 3.63) is 35.9 Å². The second kappa shape index (κ2) is 5.08. The zero-order valence-corrected chi connectivity index (χ0v) is 10.8. The molecule has 4 heteroatoms. The molecule has 1 saturated heterocycles. The van der Waals surface area contributed by atoms with Gasteiger partial charge in [-0.05, 0) is 12.0 Å². The molecular formula is C14H19NO3. The fourth-order valence-corrected chi connectivity index (χ4v) is 2.01. The van der Waals surface area contributed by atoms with Crippen LogP contribution in [-0.2, 0) is 16.0 Å². The van der Waals surface area contributed by atoms with E-state index >= 15 is 0 Å². The number of ether oxygens (including phenoxy) is 1. The molecule has 0 aromatic heterocycles. The summed E-state index contributed by atoms with van der Waals surface area (Å²) in [6, 6.07) is 9.96. The maximum absolute atomic E-state index is 12.0. The van der Waals surface area contributed by atoms with Gasteiger partial charge in [0.2, 0.25) is 0 Å². The molecule has 1 amide bonds. The predicted octanol–water partition coefficient (Wildman–Crippen LogP) is 1.39. The summed E-state index contributed by atoms with van der Waals surface area (Å²) >= 11 is 0. The minimum atomic E-state index is -1.64. The van der Waals surface area contributed by atoms with Gasteiger partial charge in [-0.2, -0.15) is 0 Å². The van der Waals surface area contributed by atoms with E-state index in [1.807, 2.05) is 30.3 Å². The van der Waals surface area contributed by atoms with Crippen molar-refractivity contribution in [1.82, 2.24) is 4.90 Å². The van der Waals surface area contributed by atoms with Crippen LogP contribution in [0.4, 0.5) is 0 Å². The molecule has 0 radical (unpaired) electrons. The average molecular weight is 249 g/mol. The number of nitrogens with zero attached hydrogens (tertiary/aromatic N) is 1. The number of amides is 1. The summed E-state index contributed by atoms with van der Waals surface area (Å²) < 4.78 is 5.25. The van der Waals surface area contributed by atoms with Crippen molar-refractivity contribution in [2.24, 2.45) is 5.92 Å². The normalized spacial score (nSPS) is 24.0. The van der Waals surface area contributed by atoms with Crippen molar-refractivity contribution >= 4 is 5.91 Å². The van der Waals surface area contributed by atoms with Gasteiger partial charge in [0.05, 0.1) is 0 Å². The van der Waals surface area contributed by atoms with Crippen LogP contribution < -0.4 is 0 Å². The van der Waals surface area contributed by atoms with E-state index in [0.717, 1.165) is 6.42 Å². The lowest BCUT2D eigenvalue weighted by molar-refractivity contribution is -0.200. The third kappa shape index (κ3) is 2.40. The van der Waals surface area contributed by atoms with Gasteiger partial charge in [-0.3, -0.25) is 4.79 Å². The van der Waals surface area contributed by atoms with Crippen molar-refractivity contribution in [2.75, 3.05) is 13.3 Å². The Balaban J connectivity index is 1.95. The summed E-state index contributed by atoms with van der Waals surface area (Å²) in [5.74, 6) is -2.21. The number of carbonyl (C=O) groups excluding carboxylic acids is 1. The highest BCUT2D eigenvalue weighted by molar-refractivity contribution is 5.85. The Morgan fingerprint density at radius 3 is 2.61 bits per heavy atom. The highest BCUT2D eigenvalue weighted by atomic mass is 16.7. The zero-order valence-electron chi connectivity index (χ0n) is 10.8. The molecular weight excluding hydrogens is 230 g/mol. The molecule has 2 rings (SSSR count). The summed E-state index contributed by atoms with van der Waals surface area (Å²) in [5.41, 5.74) is 1.17. The summed E-state index contributed by atoms with van der Waals surface area (Å²) in [7, 11) is 0. The average Bonchev–Trinajstić information content (AvgIpc) is 2.66. The van der Waals surface area contributed by atoms with Crippen LogP contribution in [-0.4, -0.2) is 35.0 Å². The first-order chi connectivity index (χ1) is 8.54. The van der Waals surface area contributed by atoms with Gasteiger partial charge in [-0.1, -0.05) is 44.2 Å². The number of aliphatic hydroxyl groups is 1. The van der Waals surface area contributed by atoms with E-state index in [1.165, 1.54) is 5.56 Å². The fourth-order valence-electron chi connectivity index (χ4n) is 2.01. The zero-order chi connectivity index (χ0) is 13.2. The van der Waals surface area contributed by atoms with Crippen LogP contribution in [0.3, 0.4) is 0 Å². The van der Waals surface area contributed by atoms with Crippen LogP contribution >= 0.6 is 0 Å². The highest BCUT2D eigenvalue weighted by Gasteiger charge is 2.48. The lowest BCUT2D eigenvalue weighted by Gasteiger charge is -2.23. The maximum atomic E-state index is 12.0. The number of carbonyl (C=O) groups is 1. The van der Waals surface area contributed by atoms with Gasteiger partial charge in [0.25, 0.3) is 11.7 Å². The Hall–Kier alpha value is -1.39. The second-order valence-electron chi connectivity index (χ2n) is 4.93. The van der Waals surface area contributed by atoms with Crippen LogP contribution in [0.2, 0.25) is 0 Å². The van der Waals surface area contributed by atoms with Crippen LogP contribution in [0.1, 0.15) is 19.4 Å². The lowest BCUT2D eigenvalue weighted by Crippen LogP contribution is -2.45. The molecule has 0 bridgehead atoms. The largest absolute Gasteiger partial charge is 0.358 e. The summed E-state index contributed by atoms with van der Waals surface area (Å²) in [6.45, 7) is 4.29. The van der Waals surface area contributed by atoms with Gasteiger partial charge in [0.1, 0.15) is 6.73 Å². The predicted molar refractivity (Wildman–Crippen MR) is 67.6 cm³/mol. The van der Waals surface area contributed by atoms with Crippen LogP contribution in [0, 0.1) is 5.92 Å². The SMILES string of the molecule is CC(C)C1(O)OCN(CCc2ccccc2)C1=O. The topological polar surface area (TPSA) is 49.8 Å². The molecule has 1 heterocycles. The molecule has 1 aromatic rings. The van der Waals surface area contributed by atoms with E-state index in [-0.39, 0.29) is 18.6 Å². The van der Waals surface area contributed by atoms with E-state index < -0.39 is 5.79 Å². The Morgan fingerprint density at radius 1 is 1.39 bits per heavy atom. The molecule has 0 aliphatic carbocycles. The fraction of sp³-hybridized carbons (Fsp3) is 0.500. The van der Waals surface area contributed by atoms with Gasteiger partial charge in [-0.15, -0.1) is 0 Å². The molecule has 1 aliphatic heterocycles. The molecule has 1 aromatic carbocycles. The number of benzene rings is 1. The monoisotopic (exact) mass is 249 g/mol. The van der Waals surface area contributed by atoms with Crippen molar-refractivity contribution in [3.8, 4) is 0 Å². The molecule has 4 nitrogen and oxygen atoms in total. The van der Waals surface area contributed by atoms with E-state index in [0.29, 0.717) is 6.54 Å². The first-order valence-corrected chi connectivity index (χ1v) is 6.23. The lowest BCUT2D eigenvalue weighted by atomic mass is 10.0. The Kier molecular flexibility index (Phi) is 3.68. The minimum Gasteiger partial charge on any atom is -0.358 e. The molecule has 1 unspecified atom stereocenters. The van der Waals surface area contributed by atoms with Crippen molar-refractivity contribution in [3.63, 3.8) is 0 Å². The molecule has 0 spiro atoms. The highest BCUT2D eigenvalue weighted by Crippen LogP contribution is 2.27. The maximum Gasteiger partial charge on any atom is 0.284 e. The standard InChI is InChI=1S/C14H19NO3/c1-11(2)14(17)13(16)15(10-18-14)9-8-12-6-4-3-5-7-12/h3-7,11,17H,8-10H2,1-2H3. The van der Waals surface area contributed by atoms with E-state index in [9.17, 15) is 9.90 Å². The molecule has 18 heavy (non-hydrogen) atoms. The molecule has 98 valence electrons. The molecule has 1 atom stereocenters. The van der Waals surface area contributed by atoms with Gasteiger partial charge >= 0.3 is 0 Å². The first kappa shape index (κ1) is 13.1. The Labute approximate surface area is 107 Å². The van der Waals surface area contributed by atoms with Gasteiger partial charge < -0.3 is 14.7 Å². The summed E-state index contributed by atoms with van der Waals surface area (Å²) in [6.07, 6.45) is 0.768. The van der Waals surface area contributed by atoms with Crippen LogP contribution in [0.5, 0.6) is 0 Å². The smallest absolute Gasteiger partial charge is 0.284 e. The number of hydrogen-bond donors (Lipinski definition) is 1. The van der Waals surface area contributed by atoms with Crippen molar-refractivity contribution in [1.29, 1.82) is 0 Å². The number of hydrogen-bond acceptors (Lipinski definition) is 3. The quantitative estimate of drug-likeness (QED) is 0.877.